The molecule has 0 fully saturated rings. The first-order valence-corrected chi connectivity index (χ1v) is 14.5. The average molecular weight is 539 g/mol. The summed E-state index contributed by atoms with van der Waals surface area (Å²) in [5.41, 5.74) is 6.33. The highest BCUT2D eigenvalue weighted by Crippen LogP contribution is 2.38. The van der Waals surface area contributed by atoms with Crippen LogP contribution in [0.1, 0.15) is 86.8 Å². The van der Waals surface area contributed by atoms with E-state index in [4.69, 9.17) is 12.2 Å². The summed E-state index contributed by atoms with van der Waals surface area (Å²) in [6.45, 7) is 5.35. The van der Waals surface area contributed by atoms with Crippen molar-refractivity contribution < 1.29 is 22.4 Å². The van der Waals surface area contributed by atoms with E-state index in [-0.39, 0.29) is 11.5 Å². The number of unbranched alkanes of at least 4 members (excludes halogenated alkanes) is 2. The number of aromatic hydroxyl groups is 2. The van der Waals surface area contributed by atoms with Gasteiger partial charge in [0.2, 0.25) is 0 Å². The van der Waals surface area contributed by atoms with Crippen molar-refractivity contribution in [2.24, 2.45) is 0 Å². The van der Waals surface area contributed by atoms with Gasteiger partial charge in [-0.2, -0.15) is 0 Å². The maximum absolute atomic E-state index is 11.5. The van der Waals surface area contributed by atoms with Crippen molar-refractivity contribution >= 4 is 0 Å². The van der Waals surface area contributed by atoms with E-state index in [0.717, 1.165) is 59.4 Å². The van der Waals surface area contributed by atoms with Crippen molar-refractivity contribution in [2.45, 2.75) is 65.2 Å². The first-order valence-electron chi connectivity index (χ1n) is 15.5. The molecule has 0 aromatic heterocycles. The van der Waals surface area contributed by atoms with Crippen molar-refractivity contribution in [3.8, 4) is 23.0 Å². The van der Waals surface area contributed by atoms with E-state index in [1.54, 1.807) is 24.3 Å². The Morgan fingerprint density at radius 1 is 0.550 bits per heavy atom. The molecular formula is C36H40O4. The van der Waals surface area contributed by atoms with E-state index in [0.29, 0.717) is 73.2 Å². The summed E-state index contributed by atoms with van der Waals surface area (Å²) in [6, 6.07) is 19.5. The van der Waals surface area contributed by atoms with Gasteiger partial charge in [-0.1, -0.05) is 99.4 Å². The van der Waals surface area contributed by atoms with Crippen LogP contribution in [0.15, 0.2) is 72.7 Å². The van der Waals surface area contributed by atoms with E-state index in [9.17, 15) is 10.2 Å². The Hall–Kier alpha value is -3.92. The van der Waals surface area contributed by atoms with Gasteiger partial charge in [-0.05, 0) is 57.3 Å². The second-order valence-corrected chi connectivity index (χ2v) is 10.6. The van der Waals surface area contributed by atoms with Crippen LogP contribution in [0.4, 0.5) is 0 Å². The number of phenolic OH excluding ortho intramolecular Hbond substituents is 2. The topological polar surface area (TPSA) is 58.9 Å². The molecule has 0 radical (unpaired) electrons. The standard InChI is InChI=1S/C36H40O4/c1-3-5-19-39-35-29-15-9-16-30(35)22-26-12-8-14-28(34(26)38)24-32-18-10-17-31(36(32)40-20-6-4-2)23-27-13-7-11-25(21-29)33(27)37/h7-18,37-38H,3-6,19-24H2,1-2H3/i7D,8D. The van der Waals surface area contributed by atoms with Crippen molar-refractivity contribution in [1.82, 2.24) is 0 Å². The lowest BCUT2D eigenvalue weighted by Crippen LogP contribution is -2.07. The first kappa shape index (κ1) is 25.1. The van der Waals surface area contributed by atoms with Gasteiger partial charge in [-0.15, -0.1) is 0 Å². The van der Waals surface area contributed by atoms with Crippen LogP contribution >= 0.6 is 0 Å². The minimum atomic E-state index is 0.189. The highest BCUT2D eigenvalue weighted by molar-refractivity contribution is 5.55. The van der Waals surface area contributed by atoms with Gasteiger partial charge in [0.15, 0.2) is 0 Å². The molecule has 5 rings (SSSR count). The summed E-state index contributed by atoms with van der Waals surface area (Å²) >= 11 is 0. The molecule has 40 heavy (non-hydrogen) atoms. The van der Waals surface area contributed by atoms with Crippen LogP contribution in [-0.2, 0) is 25.7 Å². The van der Waals surface area contributed by atoms with E-state index < -0.39 is 0 Å². The molecule has 4 heteroatoms. The van der Waals surface area contributed by atoms with Crippen molar-refractivity contribution in [2.75, 3.05) is 13.2 Å². The monoisotopic (exact) mass is 538 g/mol. The van der Waals surface area contributed by atoms with Crippen molar-refractivity contribution in [3.05, 3.63) is 117 Å². The molecule has 4 aromatic carbocycles. The van der Waals surface area contributed by atoms with Crippen LogP contribution in [0.3, 0.4) is 0 Å². The molecule has 0 saturated heterocycles. The Kier molecular flexibility index (Phi) is 8.12. The molecule has 2 N–H and O–H groups in total. The normalized spacial score (nSPS) is 13.3. The van der Waals surface area contributed by atoms with Gasteiger partial charge in [-0.25, -0.2) is 0 Å². The summed E-state index contributed by atoms with van der Waals surface area (Å²) in [7, 11) is 0. The van der Waals surface area contributed by atoms with Gasteiger partial charge in [0.25, 0.3) is 0 Å². The van der Waals surface area contributed by atoms with Crippen LogP contribution < -0.4 is 9.47 Å². The number of para-hydroxylation sites is 4. The van der Waals surface area contributed by atoms with Crippen LogP contribution in [0, 0.1) is 0 Å². The Morgan fingerprint density at radius 2 is 0.875 bits per heavy atom. The second kappa shape index (κ2) is 13.0. The van der Waals surface area contributed by atoms with Crippen molar-refractivity contribution in [3.63, 3.8) is 0 Å². The van der Waals surface area contributed by atoms with E-state index >= 15 is 0 Å². The highest BCUT2D eigenvalue weighted by Gasteiger charge is 2.20. The third-order valence-electron chi connectivity index (χ3n) is 7.62. The second-order valence-electron chi connectivity index (χ2n) is 10.6. The summed E-state index contributed by atoms with van der Waals surface area (Å²) in [5.74, 6) is 1.86. The van der Waals surface area contributed by atoms with Crippen LogP contribution in [0.5, 0.6) is 23.0 Å². The molecule has 4 aromatic rings. The van der Waals surface area contributed by atoms with Crippen LogP contribution in [-0.4, -0.2) is 23.4 Å². The number of phenols is 2. The number of hydrogen-bond acceptors (Lipinski definition) is 4. The third kappa shape index (κ3) is 6.12. The molecule has 208 valence electrons. The fourth-order valence-corrected chi connectivity index (χ4v) is 5.37. The smallest absolute Gasteiger partial charge is 0.126 e. The SMILES string of the molecule is [2H]c1cc2c(O)c(c1)Cc1cccc(c1OCCCC)Cc1cc([2H])cc(c1O)Cc1cccc(c1OCCCC)C2. The lowest BCUT2D eigenvalue weighted by Gasteiger charge is -2.20. The summed E-state index contributed by atoms with van der Waals surface area (Å²) in [6.07, 6.45) is 5.41. The number of rotatable bonds is 8. The Morgan fingerprint density at radius 3 is 1.18 bits per heavy atom. The number of fused-ring (bicyclic) bond motifs is 8. The molecule has 0 unspecified atom stereocenters. The molecule has 0 amide bonds. The molecule has 1 aliphatic rings. The molecule has 0 spiro atoms. The van der Waals surface area contributed by atoms with Crippen molar-refractivity contribution in [1.29, 1.82) is 0 Å². The van der Waals surface area contributed by atoms with Gasteiger partial charge in [-0.3, -0.25) is 0 Å². The largest absolute Gasteiger partial charge is 0.507 e. The third-order valence-corrected chi connectivity index (χ3v) is 7.62. The Bertz CT molecular complexity index is 1360. The predicted molar refractivity (Wildman–Crippen MR) is 161 cm³/mol. The predicted octanol–water partition coefficient (Wildman–Crippen LogP) is 8.13. The molecule has 0 heterocycles. The first-order chi connectivity index (χ1) is 20.4. The number of hydrogen-bond donors (Lipinski definition) is 2. The minimum absolute atomic E-state index is 0.189. The molecule has 0 atom stereocenters. The van der Waals surface area contributed by atoms with E-state index in [2.05, 4.69) is 13.8 Å². The van der Waals surface area contributed by atoms with Crippen LogP contribution in [0.2, 0.25) is 0 Å². The molecule has 1 aliphatic carbocycles. The molecule has 0 saturated carbocycles. The van der Waals surface area contributed by atoms with E-state index in [1.807, 2.05) is 36.4 Å². The average Bonchev–Trinajstić information content (AvgIpc) is 2.96. The highest BCUT2D eigenvalue weighted by atomic mass is 16.5. The minimum Gasteiger partial charge on any atom is -0.507 e. The Balaban J connectivity index is 1.71. The van der Waals surface area contributed by atoms with Gasteiger partial charge >= 0.3 is 0 Å². The zero-order valence-electron chi connectivity index (χ0n) is 25.6. The zero-order valence-corrected chi connectivity index (χ0v) is 23.6. The van der Waals surface area contributed by atoms with Gasteiger partial charge < -0.3 is 19.7 Å². The van der Waals surface area contributed by atoms with E-state index in [1.165, 1.54) is 0 Å². The lowest BCUT2D eigenvalue weighted by molar-refractivity contribution is 0.303. The zero-order chi connectivity index (χ0) is 29.6. The number of benzene rings is 4. The molecular weight excluding hydrogens is 496 g/mol. The van der Waals surface area contributed by atoms with Crippen LogP contribution in [0.25, 0.3) is 0 Å². The van der Waals surface area contributed by atoms with Gasteiger partial charge in [0.1, 0.15) is 23.0 Å². The summed E-state index contributed by atoms with van der Waals surface area (Å²) in [4.78, 5) is 0. The molecule has 0 aliphatic heterocycles. The van der Waals surface area contributed by atoms with Gasteiger partial charge in [0, 0.05) is 25.7 Å². The maximum Gasteiger partial charge on any atom is 0.126 e. The fourth-order valence-electron chi connectivity index (χ4n) is 5.37. The summed E-state index contributed by atoms with van der Waals surface area (Å²) < 4.78 is 29.9. The van der Waals surface area contributed by atoms with Gasteiger partial charge in [0.05, 0.1) is 16.0 Å². The Labute approximate surface area is 241 Å². The maximum atomic E-state index is 11.5. The quantitative estimate of drug-likeness (QED) is 0.196. The number of ether oxygens (including phenoxy) is 2. The lowest BCUT2D eigenvalue weighted by atomic mass is 9.91. The fraction of sp³-hybridized carbons (Fsp3) is 0.333. The molecule has 8 bridgehead atoms. The summed E-state index contributed by atoms with van der Waals surface area (Å²) in [5, 5.41) is 23.0. The molecule has 4 nitrogen and oxygen atoms in total.